The second kappa shape index (κ2) is 8.35. The fraction of sp³-hybridized carbons (Fsp3) is 0.300. The van der Waals surface area contributed by atoms with Gasteiger partial charge >= 0.3 is 5.97 Å². The number of rotatable bonds is 7. The Kier molecular flexibility index (Phi) is 5.89. The van der Waals surface area contributed by atoms with E-state index in [1.54, 1.807) is 32.1 Å². The van der Waals surface area contributed by atoms with Gasteiger partial charge in [0.2, 0.25) is 5.91 Å². The van der Waals surface area contributed by atoms with Crippen molar-refractivity contribution in [3.05, 3.63) is 42.2 Å². The summed E-state index contributed by atoms with van der Waals surface area (Å²) in [6.07, 6.45) is 0. The topological polar surface area (TPSA) is 95.4 Å². The molecule has 146 valence electrons. The van der Waals surface area contributed by atoms with Gasteiger partial charge < -0.3 is 15.3 Å². The van der Waals surface area contributed by atoms with Crippen LogP contribution in [0.1, 0.15) is 19.7 Å². The van der Waals surface area contributed by atoms with Crippen LogP contribution in [0.15, 0.2) is 36.4 Å². The van der Waals surface area contributed by atoms with Crippen molar-refractivity contribution in [2.24, 2.45) is 0 Å². The van der Waals surface area contributed by atoms with Crippen LogP contribution in [0.4, 0.5) is 5.82 Å². The summed E-state index contributed by atoms with van der Waals surface area (Å²) in [5.41, 5.74) is 1.10. The van der Waals surface area contributed by atoms with Gasteiger partial charge in [-0.15, -0.1) is 11.3 Å². The molecule has 8 heteroatoms. The van der Waals surface area contributed by atoms with Crippen molar-refractivity contribution in [3.8, 4) is 10.4 Å². The lowest BCUT2D eigenvalue weighted by Gasteiger charge is -2.25. The number of aromatic nitrogens is 2. The van der Waals surface area contributed by atoms with Crippen LogP contribution in [0.5, 0.6) is 0 Å². The summed E-state index contributed by atoms with van der Waals surface area (Å²) in [6, 6.07) is 11.8. The van der Waals surface area contributed by atoms with E-state index in [2.05, 4.69) is 15.3 Å². The molecule has 0 atom stereocenters. The molecule has 28 heavy (non-hydrogen) atoms. The number of fused-ring (bicyclic) bond motifs is 1. The van der Waals surface area contributed by atoms with Crippen molar-refractivity contribution in [1.29, 1.82) is 0 Å². The molecule has 0 aliphatic rings. The number of nitrogens with zero attached hydrogens (tertiary/aromatic N) is 3. The van der Waals surface area contributed by atoms with Crippen LogP contribution >= 0.6 is 11.3 Å². The molecule has 0 saturated carbocycles. The molecular weight excluding hydrogens is 376 g/mol. The van der Waals surface area contributed by atoms with Crippen molar-refractivity contribution < 1.29 is 14.7 Å². The molecule has 0 bridgehead atoms. The quantitative estimate of drug-likeness (QED) is 0.633. The van der Waals surface area contributed by atoms with Crippen LogP contribution in [0.3, 0.4) is 0 Å². The largest absolute Gasteiger partial charge is 0.480 e. The number of thiophene rings is 1. The summed E-state index contributed by atoms with van der Waals surface area (Å²) in [5.74, 6) is -0.142. The van der Waals surface area contributed by atoms with Gasteiger partial charge in [0.1, 0.15) is 23.0 Å². The van der Waals surface area contributed by atoms with E-state index in [0.29, 0.717) is 11.6 Å². The molecule has 1 aromatic carbocycles. The molecule has 3 rings (SSSR count). The van der Waals surface area contributed by atoms with E-state index in [0.717, 1.165) is 20.7 Å². The van der Waals surface area contributed by atoms with Gasteiger partial charge in [0, 0.05) is 10.9 Å². The minimum atomic E-state index is -1.03. The van der Waals surface area contributed by atoms with E-state index >= 15 is 0 Å². The Balaban J connectivity index is 1.85. The van der Waals surface area contributed by atoms with Crippen molar-refractivity contribution in [1.82, 2.24) is 14.9 Å². The maximum absolute atomic E-state index is 12.5. The molecule has 2 N–H and O–H groups in total. The zero-order chi connectivity index (χ0) is 20.3. The van der Waals surface area contributed by atoms with Gasteiger partial charge in [0.15, 0.2) is 0 Å². The Bertz CT molecular complexity index is 1000. The number of hydrogen-bond acceptors (Lipinski definition) is 6. The first-order chi connectivity index (χ1) is 13.3. The minimum Gasteiger partial charge on any atom is -0.480 e. The molecule has 0 aliphatic carbocycles. The van der Waals surface area contributed by atoms with E-state index < -0.39 is 5.97 Å². The molecule has 2 heterocycles. The van der Waals surface area contributed by atoms with Crippen LogP contribution in [-0.4, -0.2) is 51.0 Å². The lowest BCUT2D eigenvalue weighted by Crippen LogP contribution is -2.43. The minimum absolute atomic E-state index is 0.0342. The maximum Gasteiger partial charge on any atom is 0.323 e. The number of hydrogen-bond donors (Lipinski definition) is 2. The Labute approximate surface area is 167 Å². The molecule has 0 spiro atoms. The molecule has 0 fully saturated rings. The molecule has 7 nitrogen and oxygen atoms in total. The van der Waals surface area contributed by atoms with E-state index in [9.17, 15) is 9.59 Å². The molecule has 0 unspecified atom stereocenters. The third kappa shape index (κ3) is 4.45. The van der Waals surface area contributed by atoms with Crippen LogP contribution in [0.2, 0.25) is 0 Å². The highest BCUT2D eigenvalue weighted by Crippen LogP contribution is 2.35. The highest BCUT2D eigenvalue weighted by molar-refractivity contribution is 7.21. The number of carboxylic acid groups (broad SMARTS) is 1. The zero-order valence-electron chi connectivity index (χ0n) is 16.0. The normalized spacial score (nSPS) is 11.0. The fourth-order valence-corrected chi connectivity index (χ4v) is 3.96. The number of anilines is 1. The number of carbonyl (C=O) groups excluding carboxylic acids is 1. The number of aryl methyl sites for hydroxylation is 1. The smallest absolute Gasteiger partial charge is 0.323 e. The highest BCUT2D eigenvalue weighted by atomic mass is 32.1. The SMILES string of the molecule is Cc1nc(NCC(=O)N(CC(=O)O)C(C)C)c2cc(-c3ccccc3)sc2n1. The van der Waals surface area contributed by atoms with Gasteiger partial charge in [-0.05, 0) is 32.4 Å². The Morgan fingerprint density at radius 2 is 1.93 bits per heavy atom. The summed E-state index contributed by atoms with van der Waals surface area (Å²) >= 11 is 1.57. The van der Waals surface area contributed by atoms with Gasteiger partial charge in [-0.3, -0.25) is 9.59 Å². The molecule has 0 aliphatic heterocycles. The Hall–Kier alpha value is -3.00. The lowest BCUT2D eigenvalue weighted by molar-refractivity contribution is -0.145. The number of aliphatic carboxylic acids is 1. The number of nitrogens with one attached hydrogen (secondary N) is 1. The van der Waals surface area contributed by atoms with E-state index in [1.807, 2.05) is 36.4 Å². The predicted octanol–water partition coefficient (Wildman–Crippen LogP) is 3.40. The predicted molar refractivity (Wildman–Crippen MR) is 111 cm³/mol. The van der Waals surface area contributed by atoms with Crippen molar-refractivity contribution in [2.45, 2.75) is 26.8 Å². The van der Waals surface area contributed by atoms with Crippen LogP contribution in [0.25, 0.3) is 20.7 Å². The molecule has 3 aromatic rings. The molecular formula is C20H22N4O3S. The summed E-state index contributed by atoms with van der Waals surface area (Å²) in [5, 5.41) is 12.9. The zero-order valence-corrected chi connectivity index (χ0v) is 16.8. The van der Waals surface area contributed by atoms with Crippen LogP contribution < -0.4 is 5.32 Å². The molecule has 1 amide bonds. The first-order valence-electron chi connectivity index (χ1n) is 8.94. The molecule has 2 aromatic heterocycles. The second-order valence-electron chi connectivity index (χ2n) is 6.68. The number of carboxylic acids is 1. The van der Waals surface area contributed by atoms with Crippen molar-refractivity contribution in [3.63, 3.8) is 0 Å². The fourth-order valence-electron chi connectivity index (χ4n) is 2.87. The standard InChI is InChI=1S/C20H22N4O3S/c1-12(2)24(11-18(26)27)17(25)10-21-19-15-9-16(14-7-5-4-6-8-14)28-20(15)23-13(3)22-19/h4-9,12H,10-11H2,1-3H3,(H,26,27)(H,21,22,23). The Morgan fingerprint density at radius 1 is 1.21 bits per heavy atom. The van der Waals surface area contributed by atoms with Gasteiger partial charge in [0.05, 0.1) is 11.9 Å². The molecule has 0 saturated heterocycles. The highest BCUT2D eigenvalue weighted by Gasteiger charge is 2.20. The van der Waals surface area contributed by atoms with Gasteiger partial charge in [-0.1, -0.05) is 30.3 Å². The van der Waals surface area contributed by atoms with Crippen molar-refractivity contribution in [2.75, 3.05) is 18.4 Å². The third-order valence-electron chi connectivity index (χ3n) is 4.22. The number of carbonyl (C=O) groups is 2. The second-order valence-corrected chi connectivity index (χ2v) is 7.71. The average molecular weight is 398 g/mol. The summed E-state index contributed by atoms with van der Waals surface area (Å²) in [7, 11) is 0. The maximum atomic E-state index is 12.5. The van der Waals surface area contributed by atoms with Crippen LogP contribution in [-0.2, 0) is 9.59 Å². The number of amides is 1. The van der Waals surface area contributed by atoms with Gasteiger partial charge in [-0.2, -0.15) is 0 Å². The number of benzene rings is 1. The van der Waals surface area contributed by atoms with Crippen molar-refractivity contribution >= 4 is 39.2 Å². The third-order valence-corrected chi connectivity index (χ3v) is 5.30. The summed E-state index contributed by atoms with van der Waals surface area (Å²) < 4.78 is 0. The van der Waals surface area contributed by atoms with Gasteiger partial charge in [-0.25, -0.2) is 9.97 Å². The van der Waals surface area contributed by atoms with E-state index in [4.69, 9.17) is 5.11 Å². The molecule has 0 radical (unpaired) electrons. The monoisotopic (exact) mass is 398 g/mol. The van der Waals surface area contributed by atoms with Crippen LogP contribution in [0, 0.1) is 6.92 Å². The van der Waals surface area contributed by atoms with Gasteiger partial charge in [0.25, 0.3) is 0 Å². The van der Waals surface area contributed by atoms with E-state index in [-0.39, 0.29) is 25.0 Å². The van der Waals surface area contributed by atoms with E-state index in [1.165, 1.54) is 4.90 Å². The summed E-state index contributed by atoms with van der Waals surface area (Å²) in [6.45, 7) is 5.03. The lowest BCUT2D eigenvalue weighted by atomic mass is 10.2. The first kappa shape index (κ1) is 19.8. The summed E-state index contributed by atoms with van der Waals surface area (Å²) in [4.78, 5) is 35.7. The Morgan fingerprint density at radius 3 is 2.57 bits per heavy atom. The first-order valence-corrected chi connectivity index (χ1v) is 9.75. The average Bonchev–Trinajstić information content (AvgIpc) is 3.08.